The number of aryl methyl sites for hydroxylation is 2. The van der Waals surface area contributed by atoms with E-state index in [0.29, 0.717) is 10.7 Å². The van der Waals surface area contributed by atoms with Crippen molar-refractivity contribution in [3.8, 4) is 0 Å². The average molecular weight is 410 g/mol. The number of anilines is 1. The molecule has 1 saturated carbocycles. The van der Waals surface area contributed by atoms with E-state index in [1.807, 2.05) is 59.9 Å². The molecule has 0 bridgehead atoms. The lowest BCUT2D eigenvalue weighted by Crippen LogP contribution is -2.20. The molecule has 4 rings (SSSR count). The molecule has 3 aromatic rings. The van der Waals surface area contributed by atoms with E-state index < -0.39 is 0 Å². The second kappa shape index (κ2) is 8.37. The third-order valence-electron chi connectivity index (χ3n) is 5.43. The highest BCUT2D eigenvalue weighted by molar-refractivity contribution is 7.71. The van der Waals surface area contributed by atoms with E-state index in [4.69, 9.17) is 17.3 Å². The summed E-state index contributed by atoms with van der Waals surface area (Å²) in [5.41, 5.74) is 3.04. The number of carbonyl (C=O) groups is 1. The minimum atomic E-state index is -0.126. The molecule has 2 aromatic heterocycles. The molecule has 1 aromatic carbocycles. The van der Waals surface area contributed by atoms with Crippen LogP contribution in [0.25, 0.3) is 0 Å². The largest absolute Gasteiger partial charge is 0.324 e. The van der Waals surface area contributed by atoms with Crippen LogP contribution >= 0.6 is 12.2 Å². The number of nitrogens with zero attached hydrogens (tertiary/aromatic N) is 4. The summed E-state index contributed by atoms with van der Waals surface area (Å²) in [6.45, 7) is 4.14. The van der Waals surface area contributed by atoms with Gasteiger partial charge in [-0.15, -0.1) is 0 Å². The molecule has 29 heavy (non-hydrogen) atoms. The molecule has 0 radical (unpaired) electrons. The second-order valence-corrected chi connectivity index (χ2v) is 8.30. The van der Waals surface area contributed by atoms with Crippen molar-refractivity contribution in [2.75, 3.05) is 5.32 Å². The van der Waals surface area contributed by atoms with E-state index in [-0.39, 0.29) is 12.5 Å². The van der Waals surface area contributed by atoms with Gasteiger partial charge in [-0.1, -0.05) is 25.3 Å². The highest BCUT2D eigenvalue weighted by Crippen LogP contribution is 2.32. The topological polar surface area (TPSA) is 56.8 Å². The first-order chi connectivity index (χ1) is 14.0. The van der Waals surface area contributed by atoms with Crippen molar-refractivity contribution in [2.24, 2.45) is 0 Å². The van der Waals surface area contributed by atoms with Gasteiger partial charge in [-0.05, 0) is 74.3 Å². The number of hydrogen-bond donors (Lipinski definition) is 1. The van der Waals surface area contributed by atoms with Gasteiger partial charge in [0.2, 0.25) is 10.7 Å². The zero-order valence-corrected chi connectivity index (χ0v) is 17.8. The molecule has 0 spiro atoms. The van der Waals surface area contributed by atoms with E-state index in [9.17, 15) is 4.79 Å². The standard InChI is InChI=1S/C22H27N5OS/c1-16-12-17(2)14-19(13-16)23-20(28)15-26-22(29)27(25-10-6-7-11-25)21(24-26)18-8-4-3-5-9-18/h6-7,10-14,18H,3-5,8-9,15H2,1-2H3,(H,23,28). The van der Waals surface area contributed by atoms with Gasteiger partial charge in [0.1, 0.15) is 6.54 Å². The number of amides is 1. The van der Waals surface area contributed by atoms with Crippen LogP contribution < -0.4 is 5.32 Å². The van der Waals surface area contributed by atoms with E-state index in [1.54, 1.807) is 4.68 Å². The summed E-state index contributed by atoms with van der Waals surface area (Å²) in [5.74, 6) is 1.19. The van der Waals surface area contributed by atoms with Crippen LogP contribution in [0.1, 0.15) is 55.0 Å². The van der Waals surface area contributed by atoms with Gasteiger partial charge in [0, 0.05) is 24.0 Å². The minimum absolute atomic E-state index is 0.0970. The van der Waals surface area contributed by atoms with Crippen LogP contribution in [0.2, 0.25) is 0 Å². The number of aromatic nitrogens is 4. The van der Waals surface area contributed by atoms with Crippen molar-refractivity contribution in [3.63, 3.8) is 0 Å². The Kier molecular flexibility index (Phi) is 5.67. The summed E-state index contributed by atoms with van der Waals surface area (Å²) < 4.78 is 6.11. The zero-order chi connectivity index (χ0) is 20.4. The van der Waals surface area contributed by atoms with Crippen LogP contribution in [-0.4, -0.2) is 25.0 Å². The number of rotatable bonds is 5. The van der Waals surface area contributed by atoms with Crippen LogP contribution in [0.4, 0.5) is 5.69 Å². The quantitative estimate of drug-likeness (QED) is 0.614. The van der Waals surface area contributed by atoms with Gasteiger partial charge in [0.15, 0.2) is 5.82 Å². The lowest BCUT2D eigenvalue weighted by atomic mass is 9.89. The Balaban J connectivity index is 1.61. The van der Waals surface area contributed by atoms with Crippen LogP contribution in [0.15, 0.2) is 42.7 Å². The predicted octanol–water partition coefficient (Wildman–Crippen LogP) is 4.83. The van der Waals surface area contributed by atoms with Gasteiger partial charge < -0.3 is 5.32 Å². The molecule has 1 N–H and O–H groups in total. The van der Waals surface area contributed by atoms with E-state index in [1.165, 1.54) is 19.3 Å². The van der Waals surface area contributed by atoms with Crippen molar-refractivity contribution in [2.45, 2.75) is 58.4 Å². The fourth-order valence-corrected chi connectivity index (χ4v) is 4.49. The summed E-state index contributed by atoms with van der Waals surface area (Å²) >= 11 is 5.72. The maximum atomic E-state index is 12.7. The van der Waals surface area contributed by atoms with E-state index in [0.717, 1.165) is 35.5 Å². The Hall–Kier alpha value is -2.67. The molecule has 0 aliphatic heterocycles. The van der Waals surface area contributed by atoms with Crippen LogP contribution in [-0.2, 0) is 11.3 Å². The molecular weight excluding hydrogens is 382 g/mol. The lowest BCUT2D eigenvalue weighted by Gasteiger charge is -2.21. The van der Waals surface area contributed by atoms with Crippen molar-refractivity contribution in [1.29, 1.82) is 0 Å². The molecular formula is C22H27N5OS. The fraction of sp³-hybridized carbons (Fsp3) is 0.409. The fourth-order valence-electron chi connectivity index (χ4n) is 4.19. The Morgan fingerprint density at radius 2 is 1.76 bits per heavy atom. The molecule has 1 aliphatic rings. The number of carbonyl (C=O) groups excluding carboxylic acids is 1. The maximum absolute atomic E-state index is 12.7. The molecule has 6 nitrogen and oxygen atoms in total. The van der Waals surface area contributed by atoms with Crippen LogP contribution in [0, 0.1) is 18.6 Å². The molecule has 0 atom stereocenters. The third-order valence-corrected chi connectivity index (χ3v) is 5.81. The van der Waals surface area contributed by atoms with Gasteiger partial charge in [-0.3, -0.25) is 9.47 Å². The van der Waals surface area contributed by atoms with E-state index >= 15 is 0 Å². The van der Waals surface area contributed by atoms with Gasteiger partial charge in [0.05, 0.1) is 0 Å². The first kappa shape index (κ1) is 19.6. The number of benzene rings is 1. The molecule has 7 heteroatoms. The molecule has 1 aliphatic carbocycles. The minimum Gasteiger partial charge on any atom is -0.324 e. The Bertz CT molecular complexity index is 1040. The van der Waals surface area contributed by atoms with Gasteiger partial charge in [-0.25, -0.2) is 9.36 Å². The van der Waals surface area contributed by atoms with Crippen molar-refractivity contribution < 1.29 is 4.79 Å². The molecule has 1 fully saturated rings. The molecule has 2 heterocycles. The normalized spacial score (nSPS) is 14.8. The Labute approximate surface area is 176 Å². The molecule has 1 amide bonds. The Morgan fingerprint density at radius 3 is 2.41 bits per heavy atom. The summed E-state index contributed by atoms with van der Waals surface area (Å²) in [5, 5.41) is 7.78. The Morgan fingerprint density at radius 1 is 1.10 bits per heavy atom. The van der Waals surface area contributed by atoms with Crippen molar-refractivity contribution in [3.05, 3.63) is 64.4 Å². The van der Waals surface area contributed by atoms with Crippen molar-refractivity contribution in [1.82, 2.24) is 19.1 Å². The van der Waals surface area contributed by atoms with E-state index in [2.05, 4.69) is 11.4 Å². The monoisotopic (exact) mass is 409 g/mol. The SMILES string of the molecule is Cc1cc(C)cc(NC(=O)Cn2nc(C3CCCCC3)n(-n3cccc3)c2=S)c1. The summed E-state index contributed by atoms with van der Waals surface area (Å²) in [4.78, 5) is 12.7. The van der Waals surface area contributed by atoms with Gasteiger partial charge >= 0.3 is 0 Å². The van der Waals surface area contributed by atoms with Gasteiger partial charge in [0.25, 0.3) is 0 Å². The third kappa shape index (κ3) is 4.34. The van der Waals surface area contributed by atoms with Gasteiger partial charge in [-0.2, -0.15) is 5.10 Å². The zero-order valence-electron chi connectivity index (χ0n) is 17.0. The van der Waals surface area contributed by atoms with Crippen LogP contribution in [0.3, 0.4) is 0 Å². The van der Waals surface area contributed by atoms with Crippen LogP contribution in [0.5, 0.6) is 0 Å². The maximum Gasteiger partial charge on any atom is 0.246 e. The first-order valence-electron chi connectivity index (χ1n) is 10.2. The molecule has 0 saturated heterocycles. The average Bonchev–Trinajstić information content (AvgIpc) is 3.30. The number of nitrogens with one attached hydrogen (secondary N) is 1. The number of hydrogen-bond acceptors (Lipinski definition) is 3. The van der Waals surface area contributed by atoms with Crippen molar-refractivity contribution >= 4 is 23.8 Å². The molecule has 152 valence electrons. The predicted molar refractivity (Wildman–Crippen MR) is 117 cm³/mol. The smallest absolute Gasteiger partial charge is 0.246 e. The summed E-state index contributed by atoms with van der Waals surface area (Å²) in [6, 6.07) is 9.96. The lowest BCUT2D eigenvalue weighted by molar-refractivity contribution is -0.116. The second-order valence-electron chi connectivity index (χ2n) is 7.93. The summed E-state index contributed by atoms with van der Waals surface area (Å²) in [7, 11) is 0. The molecule has 0 unspecified atom stereocenters. The highest BCUT2D eigenvalue weighted by Gasteiger charge is 2.24. The first-order valence-corrected chi connectivity index (χ1v) is 10.6. The highest BCUT2D eigenvalue weighted by atomic mass is 32.1. The summed E-state index contributed by atoms with van der Waals surface area (Å²) in [6.07, 6.45) is 9.85.